The van der Waals surface area contributed by atoms with Gasteiger partial charge in [0.2, 0.25) is 0 Å². The van der Waals surface area contributed by atoms with Crippen LogP contribution in [-0.2, 0) is 136 Å². The van der Waals surface area contributed by atoms with E-state index in [0.29, 0.717) is 269 Å². The van der Waals surface area contributed by atoms with Crippen LogP contribution in [-0.4, -0.2) is 310 Å². The van der Waals surface area contributed by atoms with Crippen LogP contribution in [0.15, 0.2) is 0 Å². The minimum atomic E-state index is -3.29. The van der Waals surface area contributed by atoms with Gasteiger partial charge in [-0.2, -0.15) is 0 Å². The minimum absolute atomic E-state index is 0.0465. The highest BCUT2D eigenvalue weighted by molar-refractivity contribution is 7.54. The molecular weight excluding hydrogens is 1830 g/mol. The summed E-state index contributed by atoms with van der Waals surface area (Å²) in [5.74, 6) is 0. The van der Waals surface area contributed by atoms with Gasteiger partial charge in [0.15, 0.2) is 0 Å². The molecule has 0 aromatic rings. The molecule has 15 heterocycles. The summed E-state index contributed by atoms with van der Waals surface area (Å²) in [5.41, 5.74) is -1.09. The van der Waals surface area contributed by atoms with Crippen molar-refractivity contribution >= 4 is 77.5 Å². The lowest BCUT2D eigenvalue weighted by Crippen LogP contribution is -2.47. The molecule has 0 saturated carbocycles. The average molecular weight is 1980 g/mol. The number of piperazine rings is 4. The highest BCUT2D eigenvalue weighted by Gasteiger charge is 2.55. The van der Waals surface area contributed by atoms with E-state index in [4.69, 9.17) is 90.5 Å². The third-order valence-corrected chi connectivity index (χ3v) is 45.0. The first-order valence-corrected chi connectivity index (χ1v) is 59.3. The summed E-state index contributed by atoms with van der Waals surface area (Å²) in [6.07, 6.45) is 4.24. The van der Waals surface area contributed by atoms with Gasteiger partial charge in [-0.05, 0) is 37.5 Å². The molecule has 15 rings (SSSR count). The van der Waals surface area contributed by atoms with Crippen molar-refractivity contribution in [1.29, 1.82) is 0 Å². The van der Waals surface area contributed by atoms with Crippen molar-refractivity contribution in [2.24, 2.45) is 54.1 Å². The van der Waals surface area contributed by atoms with E-state index < -0.39 is 77.5 Å². The van der Waals surface area contributed by atoms with Crippen LogP contribution in [0.5, 0.6) is 0 Å². The van der Waals surface area contributed by atoms with E-state index in [0.717, 1.165) is 25.7 Å². The van der Waals surface area contributed by atoms with Gasteiger partial charge in [0.1, 0.15) is 0 Å². The lowest BCUT2D eigenvalue weighted by atomic mass is 9.90. The molecule has 15 aliphatic heterocycles. The second-order valence-electron chi connectivity index (χ2n) is 42.0. The molecule has 0 amide bonds. The third-order valence-electron chi connectivity index (χ3n) is 24.9. The highest BCUT2D eigenvalue weighted by atomic mass is 31.2. The monoisotopic (exact) mass is 1980 g/mol. The van der Waals surface area contributed by atoms with Crippen LogP contribution >= 0.6 is 77.5 Å². The molecule has 15 fully saturated rings. The molecule has 0 spiro atoms. The first-order chi connectivity index (χ1) is 57.9. The fourth-order valence-corrected chi connectivity index (χ4v) is 35.0. The maximum Gasteiger partial charge on any atom is 0.408 e. The molecule has 1 unspecified atom stereocenters. The Morgan fingerprint density at radius 1 is 0.176 bits per heavy atom. The van der Waals surface area contributed by atoms with Crippen LogP contribution in [0.1, 0.15) is 171 Å². The molecule has 1 atom stereocenters. The number of nitrogens with zero attached hydrogens (tertiary/aromatic N) is 10. The maximum absolute atomic E-state index is 13.1. The van der Waals surface area contributed by atoms with Gasteiger partial charge < -0.3 is 0 Å². The predicted octanol–water partition coefficient (Wildman–Crippen LogP) is 16.8. The normalized spacial score (nSPS) is 37.9. The van der Waals surface area contributed by atoms with Gasteiger partial charge in [-0.15, -0.1) is 0 Å². The third kappa shape index (κ3) is 27.6. The Balaban J connectivity index is 0.000000152. The van der Waals surface area contributed by atoms with Crippen molar-refractivity contribution in [3.63, 3.8) is 0 Å². The SMILES string of the molecule is CC1(C)CCOP(=O)(N2CCN(P3(=O)OCC(C)(C)CO3)CC2)OC1.CC1(C)COP(=O)(N2CCCN(P3(=O)OCC(C)(C)CO3)CC2)OC1.CC1(C)COP(=O)(N2CCN(P3(=O)OCC(C)(C)CO3)CC2)OC1.CCC1(C)COP(=O)(N2CCN(P3(=O)OCC(C)(C)CO3)CC2)OC1.CCC1(C)COP(=O)(N2CCN(P3(=O)OCC(C)(CC)CO3)CC2)OC1. The molecule has 15 saturated heterocycles. The molecular formula is C75H150N10O30P10. The van der Waals surface area contributed by atoms with Crippen LogP contribution in [0.25, 0.3) is 0 Å². The molecule has 0 radical (unpaired) electrons. The zero-order valence-corrected chi connectivity index (χ0v) is 87.0. The Kier molecular flexibility index (Phi) is 35.2. The number of rotatable bonds is 13. The highest BCUT2D eigenvalue weighted by Crippen LogP contribution is 2.67. The second-order valence-corrected chi connectivity index (χ2v) is 62.2. The largest absolute Gasteiger partial charge is 0.408 e. The van der Waals surface area contributed by atoms with Crippen LogP contribution in [0.3, 0.4) is 0 Å². The Hall–Kier alpha value is 1.10. The van der Waals surface area contributed by atoms with E-state index in [-0.39, 0.29) is 54.1 Å². The Bertz CT molecular complexity index is 3870. The van der Waals surface area contributed by atoms with Gasteiger partial charge in [0.25, 0.3) is 0 Å². The molecule has 0 aromatic carbocycles. The zero-order valence-electron chi connectivity index (χ0n) is 78.0. The summed E-state index contributed by atoms with van der Waals surface area (Å²) in [7, 11) is -32.6. The van der Waals surface area contributed by atoms with Crippen LogP contribution in [0.2, 0.25) is 0 Å². The topological polar surface area (TPSA) is 388 Å². The van der Waals surface area contributed by atoms with Gasteiger partial charge in [0.05, 0.1) is 132 Å². The van der Waals surface area contributed by atoms with Crippen molar-refractivity contribution in [3.05, 3.63) is 0 Å². The van der Waals surface area contributed by atoms with Crippen LogP contribution in [0.4, 0.5) is 0 Å². The molecule has 0 N–H and O–H groups in total. The van der Waals surface area contributed by atoms with Crippen molar-refractivity contribution in [3.8, 4) is 0 Å². The molecule has 0 aliphatic carbocycles. The van der Waals surface area contributed by atoms with Gasteiger partial charge in [-0.1, -0.05) is 138 Å². The lowest BCUT2D eigenvalue weighted by molar-refractivity contribution is -0.00537. The molecule has 730 valence electrons. The molecule has 40 nitrogen and oxygen atoms in total. The molecule has 125 heavy (non-hydrogen) atoms. The number of hydrogen-bond donors (Lipinski definition) is 0. The Morgan fingerprint density at radius 2 is 0.296 bits per heavy atom. The second kappa shape index (κ2) is 41.3. The van der Waals surface area contributed by atoms with Crippen molar-refractivity contribution in [1.82, 2.24) is 46.7 Å². The first-order valence-electron chi connectivity index (χ1n) is 44.3. The standard InChI is InChI=1S/C16H32N2O6P2.3C15H30N2O6P2.C14H28N2O6P2/c1-5-15(3)11-21-25(19,22-12-15)17-7-9-18(10-8-17)26(20)23-13-16(4,6-2)14-24-26;1-14(2)5-10-20-24(18,21-11-14)16-6-8-17(9-7-16)25(19)22-12-15(3,4)13-23-25;1-14(2)10-20-24(18,21-11-14)16-6-5-7-17(9-8-16)25(19)22-12-15(3,4)13-23-25;1-5-15(4)12-22-25(19,23-13-15)17-8-6-16(7-9-17)24(18)20-10-14(2,3)11-21-24;1-13(2)9-19-23(17,20-10-13)15-5-7-16(8-6-15)24(18)21-11-14(3,4)12-22-24/h5-14H2,1-4H3;3*5-13H2,1-4H3;5-12H2,1-4H3. The van der Waals surface area contributed by atoms with Gasteiger partial charge in [0, 0.05) is 180 Å². The van der Waals surface area contributed by atoms with E-state index in [2.05, 4.69) is 55.4 Å². The molecule has 0 bridgehead atoms. The van der Waals surface area contributed by atoms with E-state index in [1.54, 1.807) is 46.7 Å². The molecule has 50 heteroatoms. The van der Waals surface area contributed by atoms with E-state index >= 15 is 0 Å². The van der Waals surface area contributed by atoms with Crippen molar-refractivity contribution < 1.29 is 136 Å². The molecule has 0 aromatic heterocycles. The van der Waals surface area contributed by atoms with Gasteiger partial charge in [-0.3, -0.25) is 90.5 Å². The van der Waals surface area contributed by atoms with Crippen LogP contribution < -0.4 is 0 Å². The maximum atomic E-state index is 13.1. The quantitative estimate of drug-likeness (QED) is 0.155. The smallest absolute Gasteiger partial charge is 0.297 e. The van der Waals surface area contributed by atoms with E-state index in [1.165, 1.54) is 0 Å². The van der Waals surface area contributed by atoms with E-state index in [9.17, 15) is 45.7 Å². The van der Waals surface area contributed by atoms with Gasteiger partial charge >= 0.3 is 77.5 Å². The summed E-state index contributed by atoms with van der Waals surface area (Å²) >= 11 is 0. The number of hydrogen-bond acceptors (Lipinski definition) is 30. The Morgan fingerprint density at radius 3 is 0.440 bits per heavy atom. The lowest BCUT2D eigenvalue weighted by Gasteiger charge is -2.45. The first kappa shape index (κ1) is 107. The van der Waals surface area contributed by atoms with Crippen LogP contribution in [0, 0.1) is 54.1 Å². The average Bonchev–Trinajstić information content (AvgIpc) is 0.977. The minimum Gasteiger partial charge on any atom is -0.297 e. The van der Waals surface area contributed by atoms with Gasteiger partial charge in [-0.25, -0.2) is 92.4 Å². The fraction of sp³-hybridized carbons (Fsp3) is 1.00. The van der Waals surface area contributed by atoms with E-state index in [1.807, 2.05) is 83.1 Å². The fourth-order valence-electron chi connectivity index (χ4n) is 14.3. The summed E-state index contributed by atoms with van der Waals surface area (Å²) in [6.45, 7) is 58.2. The summed E-state index contributed by atoms with van der Waals surface area (Å²) in [4.78, 5) is 0. The summed E-state index contributed by atoms with van der Waals surface area (Å²) in [6, 6.07) is 0. The van der Waals surface area contributed by atoms with Crippen molar-refractivity contribution in [2.45, 2.75) is 171 Å². The zero-order chi connectivity index (χ0) is 91.7. The summed E-state index contributed by atoms with van der Waals surface area (Å²) < 4.78 is 259. The summed E-state index contributed by atoms with van der Waals surface area (Å²) in [5, 5.41) is 0. The van der Waals surface area contributed by atoms with Crippen molar-refractivity contribution in [2.75, 3.05) is 263 Å². The molecule has 15 aliphatic rings. The Labute approximate surface area is 744 Å². The predicted molar refractivity (Wildman–Crippen MR) is 472 cm³/mol.